The Hall–Kier alpha value is -0.363. The van der Waals surface area contributed by atoms with Crippen LogP contribution in [0.2, 0.25) is 25.7 Å². The zero-order valence-corrected chi connectivity index (χ0v) is 11.9. The number of rotatable bonds is 8. The summed E-state index contributed by atoms with van der Waals surface area (Å²) in [6.45, 7) is 7.75. The second kappa shape index (κ2) is 7.84. The maximum atomic E-state index is 8.84. The first kappa shape index (κ1) is 15.6. The minimum atomic E-state index is -1.03. The third kappa shape index (κ3) is 8.91. The van der Waals surface area contributed by atoms with Gasteiger partial charge in [0.15, 0.2) is 0 Å². The molecule has 0 aromatic heterocycles. The molecule has 0 aliphatic heterocycles. The van der Waals surface area contributed by atoms with Gasteiger partial charge in [-0.05, 0) is 6.04 Å². The van der Waals surface area contributed by atoms with Crippen molar-refractivity contribution in [3.05, 3.63) is 11.8 Å². The Morgan fingerprint density at radius 2 is 2.12 bits per heavy atom. The van der Waals surface area contributed by atoms with Crippen molar-refractivity contribution in [2.45, 2.75) is 25.7 Å². The van der Waals surface area contributed by atoms with Gasteiger partial charge in [-0.15, -0.1) is 0 Å². The van der Waals surface area contributed by atoms with Crippen LogP contribution in [-0.2, 0) is 4.74 Å². The number of hydrogen-bond acceptors (Lipinski definition) is 4. The van der Waals surface area contributed by atoms with Crippen LogP contribution in [0.25, 0.3) is 0 Å². The highest BCUT2D eigenvalue weighted by atomic mass is 35.5. The van der Waals surface area contributed by atoms with Gasteiger partial charge in [0.2, 0.25) is 0 Å². The minimum absolute atomic E-state index is 0.155. The normalized spacial score (nSPS) is 12.7. The standard InChI is InChI=1S/C10H21ClN2O2Si/c1-16(2,3)5-4-15-8-13-6-9(7-14)10(11)12/h6,12-14H,4-5,7-8H2,1-3H3/b9-6-,12-10?. The van der Waals surface area contributed by atoms with Gasteiger partial charge >= 0.3 is 0 Å². The van der Waals surface area contributed by atoms with E-state index in [0.29, 0.717) is 12.3 Å². The van der Waals surface area contributed by atoms with E-state index in [-0.39, 0.29) is 11.8 Å². The molecule has 0 fully saturated rings. The predicted octanol–water partition coefficient (Wildman–Crippen LogP) is 1.98. The molecule has 0 bridgehead atoms. The second-order valence-electron chi connectivity index (χ2n) is 4.71. The summed E-state index contributed by atoms with van der Waals surface area (Å²) in [5, 5.41) is 18.6. The molecule has 0 aromatic rings. The van der Waals surface area contributed by atoms with Crippen molar-refractivity contribution in [3.63, 3.8) is 0 Å². The number of nitrogens with one attached hydrogen (secondary N) is 2. The lowest BCUT2D eigenvalue weighted by Gasteiger charge is -2.15. The molecule has 94 valence electrons. The quantitative estimate of drug-likeness (QED) is 0.272. The van der Waals surface area contributed by atoms with Gasteiger partial charge in [-0.3, -0.25) is 5.41 Å². The molecule has 4 nitrogen and oxygen atoms in total. The Labute approximate surface area is 103 Å². The van der Waals surface area contributed by atoms with Gasteiger partial charge in [-0.2, -0.15) is 0 Å². The summed E-state index contributed by atoms with van der Waals surface area (Å²) in [7, 11) is -1.03. The lowest BCUT2D eigenvalue weighted by Crippen LogP contribution is -2.23. The number of aliphatic hydroxyl groups is 1. The largest absolute Gasteiger partial charge is 0.392 e. The van der Waals surface area contributed by atoms with Crippen LogP contribution in [0.3, 0.4) is 0 Å². The molecule has 6 heteroatoms. The maximum absolute atomic E-state index is 8.84. The van der Waals surface area contributed by atoms with Crippen LogP contribution in [0.4, 0.5) is 0 Å². The van der Waals surface area contributed by atoms with Gasteiger partial charge in [0.05, 0.1) is 6.61 Å². The molecule has 0 saturated heterocycles. The number of hydrogen-bond donors (Lipinski definition) is 3. The average molecular weight is 265 g/mol. The van der Waals surface area contributed by atoms with E-state index in [0.717, 1.165) is 12.7 Å². The maximum Gasteiger partial charge on any atom is 0.127 e. The van der Waals surface area contributed by atoms with E-state index >= 15 is 0 Å². The highest BCUT2D eigenvalue weighted by Crippen LogP contribution is 2.07. The fourth-order valence-corrected chi connectivity index (χ4v) is 1.72. The van der Waals surface area contributed by atoms with E-state index in [2.05, 4.69) is 25.0 Å². The molecular weight excluding hydrogens is 244 g/mol. The SMILES string of the molecule is C[Si](C)(C)CCOCN/C=C(/CO)C(=N)Cl. The zero-order valence-electron chi connectivity index (χ0n) is 10.1. The molecule has 0 unspecified atom stereocenters. The topological polar surface area (TPSA) is 65.3 Å². The van der Waals surface area contributed by atoms with Crippen molar-refractivity contribution in [3.8, 4) is 0 Å². The molecule has 0 spiro atoms. The summed E-state index contributed by atoms with van der Waals surface area (Å²) in [6.07, 6.45) is 1.50. The first-order chi connectivity index (χ1) is 7.37. The van der Waals surface area contributed by atoms with Crippen LogP contribution in [0.1, 0.15) is 0 Å². The molecule has 0 aromatic carbocycles. The van der Waals surface area contributed by atoms with Gasteiger partial charge in [0, 0.05) is 26.5 Å². The molecule has 3 N–H and O–H groups in total. The molecule has 0 rings (SSSR count). The van der Waals surface area contributed by atoms with Crippen LogP contribution in [0.15, 0.2) is 11.8 Å². The van der Waals surface area contributed by atoms with Gasteiger partial charge in [-0.1, -0.05) is 31.2 Å². The van der Waals surface area contributed by atoms with Gasteiger partial charge < -0.3 is 15.2 Å². The molecule has 0 aliphatic rings. The first-order valence-electron chi connectivity index (χ1n) is 5.22. The first-order valence-corrected chi connectivity index (χ1v) is 9.31. The van der Waals surface area contributed by atoms with Crippen molar-refractivity contribution in [1.82, 2.24) is 5.32 Å². The highest BCUT2D eigenvalue weighted by Gasteiger charge is 2.11. The van der Waals surface area contributed by atoms with E-state index < -0.39 is 8.07 Å². The van der Waals surface area contributed by atoms with Gasteiger partial charge in [0.1, 0.15) is 11.9 Å². The predicted molar refractivity (Wildman–Crippen MR) is 70.9 cm³/mol. The van der Waals surface area contributed by atoms with Crippen molar-refractivity contribution in [1.29, 1.82) is 5.41 Å². The summed E-state index contributed by atoms with van der Waals surface area (Å²) in [5.74, 6) is 0. The Bertz CT molecular complexity index is 252. The van der Waals surface area contributed by atoms with Crippen molar-refractivity contribution in [2.75, 3.05) is 19.9 Å². The van der Waals surface area contributed by atoms with Gasteiger partial charge in [0.25, 0.3) is 0 Å². The minimum Gasteiger partial charge on any atom is -0.392 e. The van der Waals surface area contributed by atoms with E-state index in [1.165, 1.54) is 6.20 Å². The molecular formula is C10H21ClN2O2Si. The number of ether oxygens (including phenoxy) is 1. The van der Waals surface area contributed by atoms with E-state index in [9.17, 15) is 0 Å². The van der Waals surface area contributed by atoms with Crippen LogP contribution >= 0.6 is 11.6 Å². The van der Waals surface area contributed by atoms with Crippen LogP contribution in [0, 0.1) is 5.41 Å². The lowest BCUT2D eigenvalue weighted by molar-refractivity contribution is 0.137. The summed E-state index contributed by atoms with van der Waals surface area (Å²) in [4.78, 5) is 0. The smallest absolute Gasteiger partial charge is 0.127 e. The molecule has 0 amide bonds. The van der Waals surface area contributed by atoms with E-state index in [1.807, 2.05) is 0 Å². The molecule has 16 heavy (non-hydrogen) atoms. The second-order valence-corrected chi connectivity index (χ2v) is 10.7. The Morgan fingerprint density at radius 3 is 2.56 bits per heavy atom. The zero-order chi connectivity index (χ0) is 12.6. The molecule has 0 atom stereocenters. The van der Waals surface area contributed by atoms with Crippen LogP contribution in [-0.4, -0.2) is 38.3 Å². The van der Waals surface area contributed by atoms with E-state index in [4.69, 9.17) is 26.9 Å². The highest BCUT2D eigenvalue weighted by molar-refractivity contribution is 6.76. The van der Waals surface area contributed by atoms with Gasteiger partial charge in [-0.25, -0.2) is 0 Å². The van der Waals surface area contributed by atoms with Crippen molar-refractivity contribution < 1.29 is 9.84 Å². The van der Waals surface area contributed by atoms with Crippen LogP contribution in [0.5, 0.6) is 0 Å². The summed E-state index contributed by atoms with van der Waals surface area (Å²) in [6, 6.07) is 1.12. The number of aliphatic hydroxyl groups excluding tert-OH is 1. The summed E-state index contributed by atoms with van der Waals surface area (Å²) >= 11 is 5.42. The monoisotopic (exact) mass is 264 g/mol. The fourth-order valence-electron chi connectivity index (χ4n) is 0.853. The van der Waals surface area contributed by atoms with E-state index in [1.54, 1.807) is 0 Å². The fraction of sp³-hybridized carbons (Fsp3) is 0.700. The summed E-state index contributed by atoms with van der Waals surface area (Å²) in [5.41, 5.74) is 0.357. The van der Waals surface area contributed by atoms with Crippen LogP contribution < -0.4 is 5.32 Å². The third-order valence-corrected chi connectivity index (χ3v) is 3.86. The molecule has 0 aliphatic carbocycles. The molecule has 0 radical (unpaired) electrons. The third-order valence-electron chi connectivity index (χ3n) is 1.91. The average Bonchev–Trinajstić information content (AvgIpc) is 2.14. The lowest BCUT2D eigenvalue weighted by atomic mass is 10.3. The number of halogens is 1. The summed E-state index contributed by atoms with van der Waals surface area (Å²) < 4.78 is 5.37. The Balaban J connectivity index is 3.64. The van der Waals surface area contributed by atoms with Crippen molar-refractivity contribution >= 4 is 24.8 Å². The van der Waals surface area contributed by atoms with Crippen molar-refractivity contribution in [2.24, 2.45) is 0 Å². The molecule has 0 saturated carbocycles. The Morgan fingerprint density at radius 1 is 1.50 bits per heavy atom. The Kier molecular flexibility index (Phi) is 7.66. The molecule has 0 heterocycles.